The van der Waals surface area contributed by atoms with E-state index in [-0.39, 0.29) is 47.2 Å². The van der Waals surface area contributed by atoms with Crippen LogP contribution in [0.4, 0.5) is 110 Å². The third kappa shape index (κ3) is 15.4. The molecule has 0 saturated heterocycles. The number of halogens is 25. The van der Waals surface area contributed by atoms with Gasteiger partial charge in [0, 0.05) is 23.3 Å². The Kier molecular flexibility index (Phi) is 24.0. The molecule has 2 atom stereocenters. The van der Waals surface area contributed by atoms with Crippen LogP contribution in [0.2, 0.25) is 0 Å². The summed E-state index contributed by atoms with van der Waals surface area (Å²) in [5, 5.41) is 37.1. The Morgan fingerprint density at radius 1 is 0.376 bits per heavy atom. The average Bonchev–Trinajstić information content (AvgIpc) is 0.774. The van der Waals surface area contributed by atoms with Crippen molar-refractivity contribution in [2.24, 2.45) is 0 Å². The third-order valence-electron chi connectivity index (χ3n) is 12.1. The zero-order valence-corrected chi connectivity index (χ0v) is 43.4. The lowest BCUT2D eigenvalue weighted by molar-refractivity contribution is -0.482. The van der Waals surface area contributed by atoms with E-state index in [0.717, 1.165) is 50.7 Å². The minimum absolute atomic E-state index is 0.0532. The van der Waals surface area contributed by atoms with Gasteiger partial charge in [-0.3, -0.25) is 0 Å². The first-order valence-corrected chi connectivity index (χ1v) is 24.6. The molecule has 0 fully saturated rings. The van der Waals surface area contributed by atoms with Crippen molar-refractivity contribution in [1.29, 1.82) is 0 Å². The maximum Gasteiger partial charge on any atom is 0.460 e. The Bertz CT molecular complexity index is 2750. The summed E-state index contributed by atoms with van der Waals surface area (Å²) in [6.45, 7) is -2.39. The molecule has 0 bridgehead atoms. The number of aliphatic hydroxyl groups excluding tert-OH is 4. The first-order chi connectivity index (χ1) is 38.8. The lowest BCUT2D eigenvalue weighted by Gasteiger charge is -2.45. The molecular weight excluding hydrogens is 1230 g/mol. The van der Waals surface area contributed by atoms with Gasteiger partial charge in [0.2, 0.25) is 0 Å². The van der Waals surface area contributed by atoms with E-state index in [0.29, 0.717) is 12.8 Å². The highest BCUT2D eigenvalue weighted by Gasteiger charge is 2.99. The second-order valence-corrected chi connectivity index (χ2v) is 18.6. The summed E-state index contributed by atoms with van der Waals surface area (Å²) in [4.78, 5) is 0. The fourth-order valence-corrected chi connectivity index (χ4v) is 6.88. The van der Waals surface area contributed by atoms with Crippen LogP contribution in [0.1, 0.15) is 87.0 Å². The average molecular weight is 1280 g/mol. The molecule has 85 heavy (non-hydrogen) atoms. The summed E-state index contributed by atoms with van der Waals surface area (Å²) in [7, 11) is 0. The molecule has 0 aliphatic rings. The Morgan fingerprint density at radius 2 is 0.682 bits per heavy atom. The topological polar surface area (TPSA) is 118 Å². The molecule has 33 heteroatoms. The maximum absolute atomic E-state index is 15.2. The van der Waals surface area contributed by atoms with Gasteiger partial charge < -0.3 is 39.4 Å². The summed E-state index contributed by atoms with van der Waals surface area (Å²) in [6.07, 6.45) is -7.54. The quantitative estimate of drug-likeness (QED) is 0.0277. The maximum atomic E-state index is 15.2. The van der Waals surface area contributed by atoms with Crippen molar-refractivity contribution in [3.05, 3.63) is 82.9 Å². The zero-order chi connectivity index (χ0) is 65.1. The molecule has 0 heterocycles. The summed E-state index contributed by atoms with van der Waals surface area (Å²) < 4.78 is 375. The number of benzene rings is 3. The van der Waals surface area contributed by atoms with E-state index in [1.54, 1.807) is 0 Å². The first-order valence-electron chi connectivity index (χ1n) is 24.6. The number of unbranched alkanes of at least 4 members (excludes halogenated alkanes) is 7. The molecule has 0 aliphatic heterocycles. The second-order valence-electron chi connectivity index (χ2n) is 18.6. The predicted molar refractivity (Wildman–Crippen MR) is 247 cm³/mol. The van der Waals surface area contributed by atoms with E-state index in [2.05, 4.69) is 23.7 Å². The molecular formula is C52H49F25O8. The van der Waals surface area contributed by atoms with Gasteiger partial charge in [0.05, 0.1) is 44.0 Å². The molecule has 0 aliphatic carbocycles. The minimum atomic E-state index is -9.71. The summed E-state index contributed by atoms with van der Waals surface area (Å²) in [6, 6.07) is 12.2. The summed E-state index contributed by atoms with van der Waals surface area (Å²) in [5.41, 5.74) is -0.620. The number of rotatable bonds is 32. The van der Waals surface area contributed by atoms with Crippen LogP contribution in [-0.4, -0.2) is 144 Å². The van der Waals surface area contributed by atoms with Gasteiger partial charge in [-0.05, 0) is 55.0 Å². The molecule has 0 aromatic heterocycles. The third-order valence-corrected chi connectivity index (χ3v) is 12.1. The van der Waals surface area contributed by atoms with Gasteiger partial charge in [-0.15, -0.1) is 0 Å². The Balaban J connectivity index is 2.15. The molecule has 0 radical (unpaired) electrons. The van der Waals surface area contributed by atoms with E-state index < -0.39 is 128 Å². The van der Waals surface area contributed by atoms with Gasteiger partial charge in [0.25, 0.3) is 0 Å². The summed E-state index contributed by atoms with van der Waals surface area (Å²) >= 11 is 0. The highest BCUT2D eigenvalue weighted by atomic mass is 19.4. The van der Waals surface area contributed by atoms with Crippen molar-refractivity contribution in [1.82, 2.24) is 0 Å². The predicted octanol–water partition coefficient (Wildman–Crippen LogP) is 13.8. The van der Waals surface area contributed by atoms with Crippen LogP contribution in [0, 0.1) is 23.7 Å². The Morgan fingerprint density at radius 3 is 1.01 bits per heavy atom. The molecule has 3 aromatic carbocycles. The van der Waals surface area contributed by atoms with Gasteiger partial charge in [-0.1, -0.05) is 75.6 Å². The van der Waals surface area contributed by atoms with Crippen molar-refractivity contribution < 1.29 is 149 Å². The number of aliphatic hydroxyl groups is 4. The first kappa shape index (κ1) is 73.3. The second kappa shape index (κ2) is 27.8. The SMILES string of the molecule is CCCCCCCCCCOc1cc(C#Cc2ccc(OCC(O)CO)cc2)c(OCCC(F)(F)C(F)(F)C(F)(F)C(F)(F)C(F)(F)C(F)(F)C(F)(F)C(F)(F)C(F)(F)C(F)(F)C(F)(F)C(F)(F)F)cc1C#Cc1ccc(OCC(O)CO)cc1. The summed E-state index contributed by atoms with van der Waals surface area (Å²) in [5.74, 6) is -90.5. The van der Waals surface area contributed by atoms with Crippen LogP contribution >= 0.6 is 0 Å². The van der Waals surface area contributed by atoms with Crippen LogP contribution < -0.4 is 18.9 Å². The highest BCUT2D eigenvalue weighted by Crippen LogP contribution is 2.68. The molecule has 480 valence electrons. The van der Waals surface area contributed by atoms with E-state index >= 15 is 17.6 Å². The van der Waals surface area contributed by atoms with Crippen molar-refractivity contribution >= 4 is 0 Å². The fourth-order valence-electron chi connectivity index (χ4n) is 6.88. The Hall–Kier alpha value is -5.93. The van der Waals surface area contributed by atoms with Crippen LogP contribution in [-0.2, 0) is 0 Å². The molecule has 0 amide bonds. The molecule has 3 aromatic rings. The molecule has 2 unspecified atom stereocenters. The van der Waals surface area contributed by atoms with Crippen molar-refractivity contribution in [3.8, 4) is 46.7 Å². The van der Waals surface area contributed by atoms with Crippen LogP contribution in [0.15, 0.2) is 60.7 Å². The van der Waals surface area contributed by atoms with E-state index in [4.69, 9.17) is 29.2 Å². The van der Waals surface area contributed by atoms with E-state index in [1.807, 2.05) is 6.92 Å². The lowest BCUT2D eigenvalue weighted by Crippen LogP contribution is -2.78. The van der Waals surface area contributed by atoms with Crippen molar-refractivity contribution in [3.63, 3.8) is 0 Å². The molecule has 3 rings (SSSR count). The van der Waals surface area contributed by atoms with Crippen LogP contribution in [0.3, 0.4) is 0 Å². The smallest absolute Gasteiger partial charge is 0.460 e. The van der Waals surface area contributed by atoms with Crippen molar-refractivity contribution in [2.75, 3.05) is 39.6 Å². The zero-order valence-electron chi connectivity index (χ0n) is 43.4. The van der Waals surface area contributed by atoms with Gasteiger partial charge in [0.15, 0.2) is 0 Å². The number of alkyl halides is 25. The van der Waals surface area contributed by atoms with Crippen molar-refractivity contribution in [2.45, 2.75) is 148 Å². The Labute approximate surface area is 466 Å². The monoisotopic (exact) mass is 1280 g/mol. The van der Waals surface area contributed by atoms with Gasteiger partial charge in [0.1, 0.15) is 48.4 Å². The molecule has 4 N–H and O–H groups in total. The standard InChI is InChI=1S/C52H49F25O8/c1-2-3-4-5-6-7-8-9-23-82-39-25-34(17-11-32-14-20-38(21-15-32)85-30-36(81)28-79)40(26-33(39)16-10-31-12-18-37(19-13-31)84-29-35(80)27-78)83-24-22-41(53,54)42(55,56)43(57,58)44(59,60)45(61,62)46(63,64)47(65,66)48(67,68)49(69,70)50(71,72)51(73,74)52(75,76)77/h12-15,18-21,25-26,35-36,78-81H,2-9,22-24,27-30H2,1H3. The fraction of sp³-hybridized carbons (Fsp3) is 0.577. The number of ether oxygens (including phenoxy) is 4. The largest absolute Gasteiger partial charge is 0.492 e. The molecule has 8 nitrogen and oxygen atoms in total. The van der Waals surface area contributed by atoms with Gasteiger partial charge >= 0.3 is 71.3 Å². The minimum Gasteiger partial charge on any atom is -0.492 e. The van der Waals surface area contributed by atoms with Crippen LogP contribution in [0.25, 0.3) is 0 Å². The van der Waals surface area contributed by atoms with E-state index in [1.165, 1.54) is 48.5 Å². The molecule has 0 spiro atoms. The molecule has 0 saturated carbocycles. The van der Waals surface area contributed by atoms with E-state index in [9.17, 15) is 102 Å². The number of hydrogen-bond donors (Lipinski definition) is 4. The van der Waals surface area contributed by atoms with Gasteiger partial charge in [-0.2, -0.15) is 110 Å². The highest BCUT2D eigenvalue weighted by molar-refractivity contribution is 5.61. The van der Waals surface area contributed by atoms with Crippen LogP contribution in [0.5, 0.6) is 23.0 Å². The lowest BCUT2D eigenvalue weighted by atomic mass is 9.84. The number of hydrogen-bond acceptors (Lipinski definition) is 8. The van der Waals surface area contributed by atoms with Gasteiger partial charge in [-0.25, -0.2) is 0 Å². The normalized spacial score (nSPS) is 14.4.